The molecule has 0 saturated carbocycles. The molecule has 0 fully saturated rings. The van der Waals surface area contributed by atoms with Crippen molar-refractivity contribution in [2.24, 2.45) is 17.8 Å². The SMILES string of the molecule is C[C@H]1C=CC2=C[C@@H](O)C[C@H](OC(=O)C(C)(C)OCc3ccc(C(F)(F)F)cc3)[C@@H]2[C@H]1CC[C@@H](O)C[C@@H](O)CC(=O)O. The Balaban J connectivity index is 1.66. The first-order valence-electron chi connectivity index (χ1n) is 13.7. The zero-order valence-electron chi connectivity index (χ0n) is 23.4. The molecule has 2 aliphatic rings. The molecule has 0 radical (unpaired) electrons. The number of hydrogen-bond acceptors (Lipinski definition) is 7. The van der Waals surface area contributed by atoms with Gasteiger partial charge in [0.25, 0.3) is 0 Å². The van der Waals surface area contributed by atoms with Crippen LogP contribution in [0.15, 0.2) is 48.1 Å². The van der Waals surface area contributed by atoms with E-state index in [0.29, 0.717) is 18.4 Å². The summed E-state index contributed by atoms with van der Waals surface area (Å²) in [6.45, 7) is 4.91. The standard InChI is InChI=1S/C30H39F3O8/c1-17-4-7-19-12-22(35)14-25(27(19)24(17)11-10-21(34)13-23(36)15-26(37)38)41-28(39)29(2,3)40-16-18-5-8-20(9-6-18)30(31,32)33/h4-9,12,17,21-25,27,34-36H,10-11,13-16H2,1-3H3,(H,37,38)/t17-,21+,22+,23+,24-,25-,27-/m0/s1. The number of fused-ring (bicyclic) bond motifs is 1. The number of halogens is 3. The van der Waals surface area contributed by atoms with Crippen LogP contribution in [-0.2, 0) is 31.8 Å². The third-order valence-electron chi connectivity index (χ3n) is 7.79. The second kappa shape index (κ2) is 13.5. The molecule has 7 atom stereocenters. The van der Waals surface area contributed by atoms with Crippen LogP contribution in [0.5, 0.6) is 0 Å². The van der Waals surface area contributed by atoms with Crippen LogP contribution in [0.25, 0.3) is 0 Å². The normalized spacial score (nSPS) is 26.1. The maximum absolute atomic E-state index is 13.3. The first-order valence-corrected chi connectivity index (χ1v) is 13.7. The van der Waals surface area contributed by atoms with E-state index in [1.807, 2.05) is 19.1 Å². The maximum Gasteiger partial charge on any atom is 0.416 e. The molecule has 2 aliphatic carbocycles. The molecular formula is C30H39F3O8. The molecule has 0 aliphatic heterocycles. The Kier molecular flexibility index (Phi) is 10.8. The van der Waals surface area contributed by atoms with Crippen LogP contribution < -0.4 is 0 Å². The molecule has 0 aromatic heterocycles. The minimum Gasteiger partial charge on any atom is -0.481 e. The van der Waals surface area contributed by atoms with Gasteiger partial charge in [-0.1, -0.05) is 37.3 Å². The van der Waals surface area contributed by atoms with Crippen molar-refractivity contribution in [2.45, 2.75) is 95.7 Å². The molecule has 0 unspecified atom stereocenters. The highest BCUT2D eigenvalue weighted by molar-refractivity contribution is 5.78. The first kappa shape index (κ1) is 32.8. The van der Waals surface area contributed by atoms with Crippen molar-refractivity contribution >= 4 is 11.9 Å². The predicted octanol–water partition coefficient (Wildman–Crippen LogP) is 4.41. The van der Waals surface area contributed by atoms with Crippen LogP contribution in [0.3, 0.4) is 0 Å². The third-order valence-corrected chi connectivity index (χ3v) is 7.79. The number of carboxylic acid groups (broad SMARTS) is 1. The molecule has 3 rings (SSSR count). The minimum absolute atomic E-state index is 0.0497. The predicted molar refractivity (Wildman–Crippen MR) is 142 cm³/mol. The van der Waals surface area contributed by atoms with E-state index in [9.17, 15) is 38.1 Å². The largest absolute Gasteiger partial charge is 0.481 e. The topological polar surface area (TPSA) is 134 Å². The number of alkyl halides is 3. The number of esters is 1. The molecule has 1 aromatic rings. The van der Waals surface area contributed by atoms with Crippen molar-refractivity contribution in [1.82, 2.24) is 0 Å². The summed E-state index contributed by atoms with van der Waals surface area (Å²) in [5.74, 6) is -2.13. The van der Waals surface area contributed by atoms with Crippen LogP contribution >= 0.6 is 0 Å². The Labute approximate surface area is 237 Å². The zero-order valence-corrected chi connectivity index (χ0v) is 23.4. The van der Waals surface area contributed by atoms with Gasteiger partial charge in [0.15, 0.2) is 5.60 Å². The Morgan fingerprint density at radius 2 is 1.76 bits per heavy atom. The number of allylic oxidation sites excluding steroid dienone is 2. The van der Waals surface area contributed by atoms with Gasteiger partial charge in [0.2, 0.25) is 0 Å². The van der Waals surface area contributed by atoms with Gasteiger partial charge in [0.1, 0.15) is 6.10 Å². The summed E-state index contributed by atoms with van der Waals surface area (Å²) in [6.07, 6.45) is -2.02. The van der Waals surface area contributed by atoms with E-state index < -0.39 is 60.1 Å². The lowest BCUT2D eigenvalue weighted by molar-refractivity contribution is -0.180. The Morgan fingerprint density at radius 1 is 1.10 bits per heavy atom. The molecule has 11 heteroatoms. The van der Waals surface area contributed by atoms with Crippen LogP contribution in [-0.4, -0.2) is 62.4 Å². The monoisotopic (exact) mass is 584 g/mol. The number of rotatable bonds is 12. The summed E-state index contributed by atoms with van der Waals surface area (Å²) in [5, 5.41) is 39.6. The van der Waals surface area contributed by atoms with Gasteiger partial charge in [-0.25, -0.2) is 4.79 Å². The quantitative estimate of drug-likeness (QED) is 0.266. The van der Waals surface area contributed by atoms with Gasteiger partial charge < -0.3 is 29.9 Å². The summed E-state index contributed by atoms with van der Waals surface area (Å²) >= 11 is 0. The summed E-state index contributed by atoms with van der Waals surface area (Å²) in [5.41, 5.74) is -0.949. The van der Waals surface area contributed by atoms with Gasteiger partial charge in [-0.2, -0.15) is 13.2 Å². The molecule has 8 nitrogen and oxygen atoms in total. The van der Waals surface area contributed by atoms with Crippen molar-refractivity contribution < 1.29 is 52.7 Å². The highest BCUT2D eigenvalue weighted by Gasteiger charge is 2.44. The average molecular weight is 585 g/mol. The first-order chi connectivity index (χ1) is 19.1. The Morgan fingerprint density at radius 3 is 2.37 bits per heavy atom. The van der Waals surface area contributed by atoms with Crippen LogP contribution in [0.1, 0.15) is 64.0 Å². The van der Waals surface area contributed by atoms with E-state index in [-0.39, 0.29) is 37.2 Å². The van der Waals surface area contributed by atoms with Crippen LogP contribution in [0.4, 0.5) is 13.2 Å². The van der Waals surface area contributed by atoms with Crippen molar-refractivity contribution in [2.75, 3.05) is 0 Å². The average Bonchev–Trinajstić information content (AvgIpc) is 2.86. The molecule has 0 heterocycles. The van der Waals surface area contributed by atoms with E-state index in [2.05, 4.69) is 0 Å². The fourth-order valence-corrected chi connectivity index (χ4v) is 5.48. The molecule has 0 saturated heterocycles. The Bertz CT molecular complexity index is 1110. The number of hydrogen-bond donors (Lipinski definition) is 4. The zero-order chi connectivity index (χ0) is 30.5. The number of carbonyl (C=O) groups is 2. The maximum atomic E-state index is 13.3. The molecule has 0 spiro atoms. The third kappa shape index (κ3) is 9.13. The van der Waals surface area contributed by atoms with E-state index in [1.165, 1.54) is 26.0 Å². The second-order valence-electron chi connectivity index (χ2n) is 11.5. The minimum atomic E-state index is -4.45. The number of ether oxygens (including phenoxy) is 2. The van der Waals surface area contributed by atoms with Gasteiger partial charge in [0, 0.05) is 12.3 Å². The lowest BCUT2D eigenvalue weighted by Gasteiger charge is -2.43. The summed E-state index contributed by atoms with van der Waals surface area (Å²) < 4.78 is 50.2. The van der Waals surface area contributed by atoms with E-state index in [4.69, 9.17) is 14.6 Å². The number of carboxylic acids is 1. The molecule has 1 aromatic carbocycles. The van der Waals surface area contributed by atoms with Gasteiger partial charge >= 0.3 is 18.1 Å². The van der Waals surface area contributed by atoms with Crippen molar-refractivity contribution in [3.05, 3.63) is 59.2 Å². The summed E-state index contributed by atoms with van der Waals surface area (Å²) in [4.78, 5) is 24.1. The van der Waals surface area contributed by atoms with Crippen molar-refractivity contribution in [3.63, 3.8) is 0 Å². The number of carbonyl (C=O) groups excluding carboxylic acids is 1. The number of aliphatic carboxylic acids is 1. The summed E-state index contributed by atoms with van der Waals surface area (Å²) in [6, 6.07) is 4.47. The van der Waals surface area contributed by atoms with Gasteiger partial charge in [-0.15, -0.1) is 0 Å². The fraction of sp³-hybridized carbons (Fsp3) is 0.600. The van der Waals surface area contributed by atoms with Crippen molar-refractivity contribution in [3.8, 4) is 0 Å². The smallest absolute Gasteiger partial charge is 0.416 e. The molecule has 0 amide bonds. The number of benzene rings is 1. The molecule has 228 valence electrons. The van der Waals surface area contributed by atoms with Crippen molar-refractivity contribution in [1.29, 1.82) is 0 Å². The van der Waals surface area contributed by atoms with Gasteiger partial charge in [-0.05, 0) is 68.2 Å². The highest BCUT2D eigenvalue weighted by Crippen LogP contribution is 2.44. The Hall–Kier alpha value is -2.73. The number of aliphatic hydroxyl groups excluding tert-OH is 3. The van der Waals surface area contributed by atoms with E-state index in [1.54, 1.807) is 6.08 Å². The molecule has 4 N–H and O–H groups in total. The highest BCUT2D eigenvalue weighted by atomic mass is 19.4. The van der Waals surface area contributed by atoms with Gasteiger partial charge in [-0.3, -0.25) is 4.79 Å². The second-order valence-corrected chi connectivity index (χ2v) is 11.5. The lowest BCUT2D eigenvalue weighted by Crippen LogP contribution is -2.46. The fourth-order valence-electron chi connectivity index (χ4n) is 5.48. The van der Waals surface area contributed by atoms with Crippen LogP contribution in [0, 0.1) is 17.8 Å². The van der Waals surface area contributed by atoms with Crippen LogP contribution in [0.2, 0.25) is 0 Å². The van der Waals surface area contributed by atoms with E-state index in [0.717, 1.165) is 17.7 Å². The number of aliphatic hydroxyl groups is 3. The molecule has 0 bridgehead atoms. The molecular weight excluding hydrogens is 545 g/mol. The lowest BCUT2D eigenvalue weighted by atomic mass is 9.66. The molecule has 41 heavy (non-hydrogen) atoms. The summed E-state index contributed by atoms with van der Waals surface area (Å²) in [7, 11) is 0. The van der Waals surface area contributed by atoms with E-state index >= 15 is 0 Å². The van der Waals surface area contributed by atoms with Gasteiger partial charge in [0.05, 0.1) is 36.9 Å².